The van der Waals surface area contributed by atoms with Gasteiger partial charge in [0, 0.05) is 16.3 Å². The second kappa shape index (κ2) is 6.04. The quantitative estimate of drug-likeness (QED) is 0.874. The van der Waals surface area contributed by atoms with Gasteiger partial charge in [-0.05, 0) is 26.8 Å². The fourth-order valence-electron chi connectivity index (χ4n) is 2.62. The SMILES string of the molecule is CC1=C(C(=O)OC(C)C)[C@@H](c2ccccc2Cl)n2ncnc2N1. The number of ether oxygens (including phenoxy) is 1. The van der Waals surface area contributed by atoms with Crippen molar-refractivity contribution in [2.45, 2.75) is 32.9 Å². The summed E-state index contributed by atoms with van der Waals surface area (Å²) in [6.45, 7) is 5.45. The first-order valence-corrected chi connectivity index (χ1v) is 7.69. The smallest absolute Gasteiger partial charge is 0.338 e. The Kier molecular flexibility index (Phi) is 4.09. The minimum atomic E-state index is -0.478. The summed E-state index contributed by atoms with van der Waals surface area (Å²) in [7, 11) is 0. The maximum Gasteiger partial charge on any atom is 0.338 e. The summed E-state index contributed by atoms with van der Waals surface area (Å²) in [5, 5.41) is 7.89. The van der Waals surface area contributed by atoms with Crippen LogP contribution in [0.3, 0.4) is 0 Å². The first-order chi connectivity index (χ1) is 11.0. The first-order valence-electron chi connectivity index (χ1n) is 7.31. The molecule has 1 aliphatic heterocycles. The molecule has 2 heterocycles. The number of carbonyl (C=O) groups excluding carboxylic acids is 1. The zero-order valence-electron chi connectivity index (χ0n) is 13.1. The van der Waals surface area contributed by atoms with Gasteiger partial charge in [-0.25, -0.2) is 9.48 Å². The second-order valence-corrected chi connectivity index (χ2v) is 5.98. The molecule has 120 valence electrons. The topological polar surface area (TPSA) is 69.0 Å². The maximum atomic E-state index is 12.6. The number of carbonyl (C=O) groups is 1. The molecule has 0 saturated carbocycles. The van der Waals surface area contributed by atoms with E-state index in [4.69, 9.17) is 16.3 Å². The average Bonchev–Trinajstić information content (AvgIpc) is 2.93. The molecule has 1 aromatic heterocycles. The highest BCUT2D eigenvalue weighted by Gasteiger charge is 2.35. The Labute approximate surface area is 139 Å². The lowest BCUT2D eigenvalue weighted by Crippen LogP contribution is -2.30. The molecule has 7 heteroatoms. The predicted molar refractivity (Wildman–Crippen MR) is 87.2 cm³/mol. The molecule has 0 fully saturated rings. The Hall–Kier alpha value is -2.34. The number of hydrogen-bond donors (Lipinski definition) is 1. The Morgan fingerprint density at radius 2 is 2.13 bits per heavy atom. The molecule has 0 spiro atoms. The lowest BCUT2D eigenvalue weighted by molar-refractivity contribution is -0.143. The standard InChI is InChI=1S/C16H17ClN4O2/c1-9(2)23-15(22)13-10(3)20-16-18-8-19-21(16)14(13)11-6-4-5-7-12(11)17/h4-9,14H,1-3H3,(H,18,19,20)/t14-/m1/s1. The van der Waals surface area contributed by atoms with Crippen LogP contribution < -0.4 is 5.32 Å². The van der Waals surface area contributed by atoms with Crippen LogP contribution in [0.1, 0.15) is 32.4 Å². The number of nitrogens with one attached hydrogen (secondary N) is 1. The van der Waals surface area contributed by atoms with E-state index in [9.17, 15) is 4.79 Å². The molecule has 1 aromatic carbocycles. The van der Waals surface area contributed by atoms with Crippen LogP contribution in [0.2, 0.25) is 5.02 Å². The van der Waals surface area contributed by atoms with Crippen molar-refractivity contribution >= 4 is 23.5 Å². The number of rotatable bonds is 3. The minimum Gasteiger partial charge on any atom is -0.459 e. The van der Waals surface area contributed by atoms with E-state index >= 15 is 0 Å². The van der Waals surface area contributed by atoms with Gasteiger partial charge in [-0.3, -0.25) is 0 Å². The number of benzene rings is 1. The molecule has 23 heavy (non-hydrogen) atoms. The minimum absolute atomic E-state index is 0.216. The van der Waals surface area contributed by atoms with Gasteiger partial charge in [0.15, 0.2) is 0 Å². The lowest BCUT2D eigenvalue weighted by Gasteiger charge is -2.29. The number of anilines is 1. The predicted octanol–water partition coefficient (Wildman–Crippen LogP) is 3.17. The summed E-state index contributed by atoms with van der Waals surface area (Å²) in [5.41, 5.74) is 1.93. The molecule has 3 rings (SSSR count). The molecule has 6 nitrogen and oxygen atoms in total. The van der Waals surface area contributed by atoms with Crippen molar-refractivity contribution in [2.75, 3.05) is 5.32 Å². The Morgan fingerprint density at radius 3 is 2.83 bits per heavy atom. The van der Waals surface area contributed by atoms with E-state index in [0.29, 0.717) is 22.2 Å². The number of aromatic nitrogens is 3. The number of nitrogens with zero attached hydrogens (tertiary/aromatic N) is 3. The van der Waals surface area contributed by atoms with Crippen LogP contribution in [0.4, 0.5) is 5.95 Å². The van der Waals surface area contributed by atoms with E-state index in [1.807, 2.05) is 39.0 Å². The molecule has 0 saturated heterocycles. The third kappa shape index (κ3) is 2.82. The van der Waals surface area contributed by atoms with Crippen molar-refractivity contribution in [3.05, 3.63) is 52.4 Å². The number of halogens is 1. The molecule has 0 unspecified atom stereocenters. The van der Waals surface area contributed by atoms with E-state index in [1.165, 1.54) is 6.33 Å². The van der Waals surface area contributed by atoms with Gasteiger partial charge in [0.25, 0.3) is 0 Å². The molecule has 0 amide bonds. The molecule has 1 N–H and O–H groups in total. The Bertz CT molecular complexity index is 782. The summed E-state index contributed by atoms with van der Waals surface area (Å²) in [6.07, 6.45) is 1.22. The van der Waals surface area contributed by atoms with E-state index in [0.717, 1.165) is 5.56 Å². The van der Waals surface area contributed by atoms with Crippen LogP contribution in [0, 0.1) is 0 Å². The van der Waals surface area contributed by atoms with Gasteiger partial charge in [0.05, 0.1) is 11.7 Å². The zero-order valence-corrected chi connectivity index (χ0v) is 13.8. The van der Waals surface area contributed by atoms with Crippen LogP contribution in [-0.4, -0.2) is 26.8 Å². The van der Waals surface area contributed by atoms with Crippen LogP contribution in [-0.2, 0) is 9.53 Å². The van der Waals surface area contributed by atoms with Crippen LogP contribution in [0.15, 0.2) is 41.9 Å². The normalized spacial score (nSPS) is 17.0. The molecule has 0 aliphatic carbocycles. The zero-order chi connectivity index (χ0) is 16.6. The molecule has 1 atom stereocenters. The summed E-state index contributed by atoms with van der Waals surface area (Å²) >= 11 is 6.36. The van der Waals surface area contributed by atoms with E-state index < -0.39 is 12.0 Å². The van der Waals surface area contributed by atoms with Crippen molar-refractivity contribution < 1.29 is 9.53 Å². The molecule has 1 aliphatic rings. The highest BCUT2D eigenvalue weighted by molar-refractivity contribution is 6.31. The van der Waals surface area contributed by atoms with E-state index in [2.05, 4.69) is 15.4 Å². The van der Waals surface area contributed by atoms with Gasteiger partial charge in [-0.15, -0.1) is 0 Å². The van der Waals surface area contributed by atoms with Gasteiger partial charge < -0.3 is 10.1 Å². The summed E-state index contributed by atoms with van der Waals surface area (Å²) < 4.78 is 7.05. The largest absolute Gasteiger partial charge is 0.459 e. The van der Waals surface area contributed by atoms with E-state index in [-0.39, 0.29) is 6.10 Å². The fourth-order valence-corrected chi connectivity index (χ4v) is 2.86. The van der Waals surface area contributed by atoms with Crippen molar-refractivity contribution in [3.8, 4) is 0 Å². The number of fused-ring (bicyclic) bond motifs is 1. The summed E-state index contributed by atoms with van der Waals surface area (Å²) in [5.74, 6) is 0.171. The number of allylic oxidation sites excluding steroid dienone is 1. The van der Waals surface area contributed by atoms with Crippen LogP contribution in [0.25, 0.3) is 0 Å². The highest BCUT2D eigenvalue weighted by Crippen LogP contribution is 2.38. The van der Waals surface area contributed by atoms with Crippen molar-refractivity contribution in [1.29, 1.82) is 0 Å². The highest BCUT2D eigenvalue weighted by atomic mass is 35.5. The molecule has 0 bridgehead atoms. The third-order valence-corrected chi connectivity index (χ3v) is 3.90. The Balaban J connectivity index is 2.15. The van der Waals surface area contributed by atoms with Gasteiger partial charge in [-0.1, -0.05) is 29.8 Å². The third-order valence-electron chi connectivity index (χ3n) is 3.56. The fraction of sp³-hybridized carbons (Fsp3) is 0.312. The van der Waals surface area contributed by atoms with E-state index in [1.54, 1.807) is 10.7 Å². The molecular weight excluding hydrogens is 316 g/mol. The van der Waals surface area contributed by atoms with Crippen LogP contribution in [0.5, 0.6) is 0 Å². The van der Waals surface area contributed by atoms with Gasteiger partial charge in [0.2, 0.25) is 5.95 Å². The monoisotopic (exact) mass is 332 g/mol. The lowest BCUT2D eigenvalue weighted by atomic mass is 9.95. The molecule has 2 aromatic rings. The number of esters is 1. The van der Waals surface area contributed by atoms with Crippen molar-refractivity contribution in [2.24, 2.45) is 0 Å². The molecule has 0 radical (unpaired) electrons. The van der Waals surface area contributed by atoms with Crippen LogP contribution >= 0.6 is 11.6 Å². The Morgan fingerprint density at radius 1 is 1.39 bits per heavy atom. The maximum absolute atomic E-state index is 12.6. The summed E-state index contributed by atoms with van der Waals surface area (Å²) in [4.78, 5) is 16.8. The first kappa shape index (κ1) is 15.6. The van der Waals surface area contributed by atoms with Crippen molar-refractivity contribution in [3.63, 3.8) is 0 Å². The summed E-state index contributed by atoms with van der Waals surface area (Å²) in [6, 6.07) is 6.91. The van der Waals surface area contributed by atoms with Gasteiger partial charge in [0.1, 0.15) is 12.4 Å². The second-order valence-electron chi connectivity index (χ2n) is 5.57. The molecular formula is C16H17ClN4O2. The number of hydrogen-bond acceptors (Lipinski definition) is 5. The average molecular weight is 333 g/mol. The van der Waals surface area contributed by atoms with Gasteiger partial charge in [-0.2, -0.15) is 10.1 Å². The van der Waals surface area contributed by atoms with Gasteiger partial charge >= 0.3 is 5.97 Å². The van der Waals surface area contributed by atoms with Crippen molar-refractivity contribution in [1.82, 2.24) is 14.8 Å².